The number of benzene rings is 2. The van der Waals surface area contributed by atoms with Gasteiger partial charge in [-0.15, -0.1) is 11.3 Å². The van der Waals surface area contributed by atoms with Crippen LogP contribution in [0, 0.1) is 13.8 Å². The summed E-state index contributed by atoms with van der Waals surface area (Å²) < 4.78 is 5.99. The molecule has 0 saturated heterocycles. The summed E-state index contributed by atoms with van der Waals surface area (Å²) in [5, 5.41) is 3.26. The lowest BCUT2D eigenvalue weighted by molar-refractivity contribution is 0.0601. The molecular formula is C18H16O2S. The molecule has 1 aromatic heterocycles. The Kier molecular flexibility index (Phi) is 3.52. The van der Waals surface area contributed by atoms with Gasteiger partial charge in [0.15, 0.2) is 0 Å². The molecule has 0 amide bonds. The second kappa shape index (κ2) is 5.34. The average molecular weight is 296 g/mol. The summed E-state index contributed by atoms with van der Waals surface area (Å²) in [6.45, 7) is 4.22. The summed E-state index contributed by atoms with van der Waals surface area (Å²) in [5.41, 5.74) is 5.49. The molecule has 0 bridgehead atoms. The zero-order valence-electron chi connectivity index (χ0n) is 12.3. The fraction of sp³-hybridized carbons (Fsp3) is 0.167. The minimum Gasteiger partial charge on any atom is -0.465 e. The Hall–Kier alpha value is -2.13. The number of carbonyl (C=O) groups is 1. The van der Waals surface area contributed by atoms with E-state index in [0.717, 1.165) is 5.39 Å². The largest absolute Gasteiger partial charge is 0.465 e. The van der Waals surface area contributed by atoms with E-state index in [9.17, 15) is 4.79 Å². The molecule has 3 rings (SSSR count). The van der Waals surface area contributed by atoms with Crippen LogP contribution in [-0.2, 0) is 4.74 Å². The van der Waals surface area contributed by atoms with Crippen LogP contribution in [0.5, 0.6) is 0 Å². The minimum absolute atomic E-state index is 0.297. The first-order valence-electron chi connectivity index (χ1n) is 6.77. The smallest absolute Gasteiger partial charge is 0.337 e. The highest BCUT2D eigenvalue weighted by Crippen LogP contribution is 2.36. The van der Waals surface area contributed by atoms with E-state index in [4.69, 9.17) is 4.74 Å². The van der Waals surface area contributed by atoms with E-state index in [1.807, 2.05) is 18.2 Å². The van der Waals surface area contributed by atoms with Gasteiger partial charge in [0.1, 0.15) is 0 Å². The number of methoxy groups -OCH3 is 1. The molecule has 3 heteroatoms. The lowest BCUT2D eigenvalue weighted by atomic mass is 9.97. The van der Waals surface area contributed by atoms with Crippen molar-refractivity contribution < 1.29 is 9.53 Å². The van der Waals surface area contributed by atoms with Gasteiger partial charge < -0.3 is 4.74 Å². The zero-order chi connectivity index (χ0) is 15.0. The molecule has 0 saturated carbocycles. The minimum atomic E-state index is -0.297. The predicted molar refractivity (Wildman–Crippen MR) is 88.1 cm³/mol. The van der Waals surface area contributed by atoms with Gasteiger partial charge in [-0.2, -0.15) is 0 Å². The number of ether oxygens (including phenoxy) is 1. The molecule has 106 valence electrons. The third kappa shape index (κ3) is 2.45. The molecule has 2 nitrogen and oxygen atoms in total. The maximum absolute atomic E-state index is 11.7. The van der Waals surface area contributed by atoms with Gasteiger partial charge in [-0.25, -0.2) is 4.79 Å². The molecule has 0 aliphatic heterocycles. The van der Waals surface area contributed by atoms with Crippen molar-refractivity contribution in [2.75, 3.05) is 7.11 Å². The number of hydrogen-bond acceptors (Lipinski definition) is 3. The summed E-state index contributed by atoms with van der Waals surface area (Å²) in [4.78, 5) is 11.7. The molecule has 0 atom stereocenters. The Balaban J connectivity index is 2.20. The van der Waals surface area contributed by atoms with Gasteiger partial charge >= 0.3 is 5.97 Å². The van der Waals surface area contributed by atoms with Crippen molar-refractivity contribution in [2.24, 2.45) is 0 Å². The monoisotopic (exact) mass is 296 g/mol. The second-order valence-electron chi connectivity index (χ2n) is 5.17. The number of esters is 1. The van der Waals surface area contributed by atoms with Gasteiger partial charge in [-0.3, -0.25) is 0 Å². The first kappa shape index (κ1) is 13.8. The summed E-state index contributed by atoms with van der Waals surface area (Å²) in [7, 11) is 1.41. The average Bonchev–Trinajstić information content (AvgIpc) is 2.89. The highest BCUT2D eigenvalue weighted by molar-refractivity contribution is 7.17. The summed E-state index contributed by atoms with van der Waals surface area (Å²) >= 11 is 1.70. The topological polar surface area (TPSA) is 26.3 Å². The summed E-state index contributed by atoms with van der Waals surface area (Å²) in [6.07, 6.45) is 0. The zero-order valence-corrected chi connectivity index (χ0v) is 13.1. The summed E-state index contributed by atoms with van der Waals surface area (Å²) in [6, 6.07) is 12.2. The maximum Gasteiger partial charge on any atom is 0.337 e. The number of hydrogen-bond donors (Lipinski definition) is 0. The number of thiophene rings is 1. The Morgan fingerprint density at radius 2 is 1.86 bits per heavy atom. The van der Waals surface area contributed by atoms with Crippen molar-refractivity contribution in [3.05, 3.63) is 58.5 Å². The van der Waals surface area contributed by atoms with Gasteiger partial charge in [0.05, 0.1) is 12.7 Å². The lowest BCUT2D eigenvalue weighted by Crippen LogP contribution is -2.00. The van der Waals surface area contributed by atoms with Crippen molar-refractivity contribution in [2.45, 2.75) is 13.8 Å². The third-order valence-corrected chi connectivity index (χ3v) is 4.63. The molecule has 0 radical (unpaired) electrons. The fourth-order valence-electron chi connectivity index (χ4n) is 2.60. The van der Waals surface area contributed by atoms with Crippen LogP contribution in [-0.4, -0.2) is 13.1 Å². The maximum atomic E-state index is 11.7. The van der Waals surface area contributed by atoms with Crippen LogP contribution in [0.4, 0.5) is 0 Å². The van der Waals surface area contributed by atoms with Crippen LogP contribution in [0.15, 0.2) is 41.8 Å². The standard InChI is InChI=1S/C18H16O2S/c1-11-4-6-14(12(2)8-11)16-10-21-17-7-5-13(9-15(16)17)18(19)20-3/h4-10H,1-3H3. The molecular weight excluding hydrogens is 280 g/mol. The third-order valence-electron chi connectivity index (χ3n) is 3.67. The number of carbonyl (C=O) groups excluding carboxylic acids is 1. The Bertz CT molecular complexity index is 830. The van der Waals surface area contributed by atoms with Gasteiger partial charge in [-0.1, -0.05) is 23.8 Å². The Morgan fingerprint density at radius 3 is 2.57 bits per heavy atom. The van der Waals surface area contributed by atoms with Crippen molar-refractivity contribution >= 4 is 27.4 Å². The van der Waals surface area contributed by atoms with Crippen LogP contribution in [0.25, 0.3) is 21.2 Å². The highest BCUT2D eigenvalue weighted by atomic mass is 32.1. The number of aryl methyl sites for hydroxylation is 2. The van der Waals surface area contributed by atoms with E-state index < -0.39 is 0 Å². The van der Waals surface area contributed by atoms with E-state index >= 15 is 0 Å². The molecule has 0 N–H and O–H groups in total. The van der Waals surface area contributed by atoms with Gasteiger partial charge in [-0.05, 0) is 48.6 Å². The Labute approximate surface area is 128 Å². The Morgan fingerprint density at radius 1 is 1.05 bits per heavy atom. The second-order valence-corrected chi connectivity index (χ2v) is 6.08. The molecule has 1 heterocycles. The van der Waals surface area contributed by atoms with Crippen molar-refractivity contribution in [1.29, 1.82) is 0 Å². The van der Waals surface area contributed by atoms with Crippen LogP contribution in [0.2, 0.25) is 0 Å². The van der Waals surface area contributed by atoms with Crippen LogP contribution in [0.1, 0.15) is 21.5 Å². The molecule has 21 heavy (non-hydrogen) atoms. The van der Waals surface area contributed by atoms with Gasteiger partial charge in [0, 0.05) is 15.6 Å². The van der Waals surface area contributed by atoms with E-state index in [1.54, 1.807) is 11.3 Å². The SMILES string of the molecule is COC(=O)c1ccc2scc(-c3ccc(C)cc3C)c2c1. The molecule has 0 fully saturated rings. The quantitative estimate of drug-likeness (QED) is 0.624. The summed E-state index contributed by atoms with van der Waals surface area (Å²) in [5.74, 6) is -0.297. The normalized spacial score (nSPS) is 10.8. The van der Waals surface area contributed by atoms with Crippen LogP contribution < -0.4 is 0 Å². The molecule has 0 unspecified atom stereocenters. The first-order chi connectivity index (χ1) is 10.1. The van der Waals surface area contributed by atoms with Crippen LogP contribution in [0.3, 0.4) is 0 Å². The fourth-order valence-corrected chi connectivity index (χ4v) is 3.54. The number of fused-ring (bicyclic) bond motifs is 1. The predicted octanol–water partition coefficient (Wildman–Crippen LogP) is 4.97. The molecule has 0 spiro atoms. The van der Waals surface area contributed by atoms with Crippen molar-refractivity contribution in [1.82, 2.24) is 0 Å². The van der Waals surface area contributed by atoms with E-state index in [0.29, 0.717) is 5.56 Å². The molecule has 2 aromatic carbocycles. The van der Waals surface area contributed by atoms with Crippen LogP contribution >= 0.6 is 11.3 Å². The van der Waals surface area contributed by atoms with E-state index in [2.05, 4.69) is 37.4 Å². The molecule has 0 aliphatic carbocycles. The van der Waals surface area contributed by atoms with Gasteiger partial charge in [0.2, 0.25) is 0 Å². The van der Waals surface area contributed by atoms with Gasteiger partial charge in [0.25, 0.3) is 0 Å². The first-order valence-corrected chi connectivity index (χ1v) is 7.65. The van der Waals surface area contributed by atoms with Crippen molar-refractivity contribution in [3.63, 3.8) is 0 Å². The highest BCUT2D eigenvalue weighted by Gasteiger charge is 2.12. The molecule has 3 aromatic rings. The van der Waals surface area contributed by atoms with Crippen molar-refractivity contribution in [3.8, 4) is 11.1 Å². The van der Waals surface area contributed by atoms with E-state index in [1.165, 1.54) is 34.1 Å². The lowest BCUT2D eigenvalue weighted by Gasteiger charge is -2.07. The number of rotatable bonds is 2. The van der Waals surface area contributed by atoms with E-state index in [-0.39, 0.29) is 5.97 Å². The molecule has 0 aliphatic rings.